The molecule has 2 N–H and O–H groups in total. The van der Waals surface area contributed by atoms with Crippen molar-refractivity contribution in [3.05, 3.63) is 60.8 Å². The average molecular weight is 947 g/mol. The van der Waals surface area contributed by atoms with Gasteiger partial charge < -0.3 is 28.8 Å². The number of hydrogen-bond donors (Lipinski definition) is 2. The van der Waals surface area contributed by atoms with E-state index in [-0.39, 0.29) is 19.1 Å². The zero-order chi connectivity index (χ0) is 48.5. The van der Waals surface area contributed by atoms with E-state index in [1.54, 1.807) is 6.08 Å². The number of phosphoric ester groups is 1. The van der Waals surface area contributed by atoms with Gasteiger partial charge in [0.1, 0.15) is 13.2 Å². The molecule has 386 valence electrons. The summed E-state index contributed by atoms with van der Waals surface area (Å²) < 4.78 is 23.3. The van der Waals surface area contributed by atoms with E-state index in [1.165, 1.54) is 148 Å². The van der Waals surface area contributed by atoms with E-state index < -0.39 is 20.0 Å². The molecule has 0 saturated heterocycles. The van der Waals surface area contributed by atoms with Gasteiger partial charge in [-0.25, -0.2) is 0 Å². The lowest BCUT2D eigenvalue weighted by molar-refractivity contribution is -0.870. The summed E-state index contributed by atoms with van der Waals surface area (Å²) in [5.74, 6) is -0.211. The van der Waals surface area contributed by atoms with E-state index in [2.05, 4.69) is 67.8 Å². The van der Waals surface area contributed by atoms with Crippen LogP contribution in [0.2, 0.25) is 0 Å². The number of carbonyl (C=O) groups excluding carboxylic acids is 1. The van der Waals surface area contributed by atoms with Crippen LogP contribution in [-0.4, -0.2) is 68.5 Å². The van der Waals surface area contributed by atoms with Crippen molar-refractivity contribution in [1.29, 1.82) is 0 Å². The van der Waals surface area contributed by atoms with Crippen LogP contribution in [0.3, 0.4) is 0 Å². The standard InChI is InChI=1S/C57H107N2O6P/c1-6-8-10-12-14-16-18-20-22-24-26-27-28-29-30-31-33-34-36-38-40-42-44-46-48-50-56(60)55(54-65-66(62,63)64-53-52-59(3,4)5)58-57(61)51-49-47-45-43-41-39-37-35-32-25-23-21-19-17-15-13-11-9-7-2/h9,11,15,17,21,23,32,35,48,50,55-56,60H,6-8,10,12-14,16,18-20,22,24-31,33-34,36-47,49,51-54H2,1-5H3,(H-,58,61,62,63)/b11-9-,17-15-,23-21-,35-32-,50-48+. The monoisotopic (exact) mass is 947 g/mol. The third kappa shape index (κ3) is 50.1. The maximum absolute atomic E-state index is 12.9. The fourth-order valence-corrected chi connectivity index (χ4v) is 8.63. The Labute approximate surface area is 409 Å². The van der Waals surface area contributed by atoms with Gasteiger partial charge in [0.05, 0.1) is 39.9 Å². The minimum atomic E-state index is -4.60. The highest BCUT2D eigenvalue weighted by Crippen LogP contribution is 2.38. The topological polar surface area (TPSA) is 108 Å². The van der Waals surface area contributed by atoms with Gasteiger partial charge in [-0.3, -0.25) is 9.36 Å². The van der Waals surface area contributed by atoms with Crippen molar-refractivity contribution in [3.63, 3.8) is 0 Å². The van der Waals surface area contributed by atoms with E-state index in [1.807, 2.05) is 27.2 Å². The Bertz CT molecular complexity index is 1260. The molecule has 0 fully saturated rings. The summed E-state index contributed by atoms with van der Waals surface area (Å²) in [5, 5.41) is 13.9. The predicted molar refractivity (Wildman–Crippen MR) is 284 cm³/mol. The van der Waals surface area contributed by atoms with Crippen molar-refractivity contribution in [1.82, 2.24) is 5.32 Å². The molecule has 0 bridgehead atoms. The number of nitrogens with one attached hydrogen (secondary N) is 1. The van der Waals surface area contributed by atoms with Gasteiger partial charge in [0.2, 0.25) is 5.91 Å². The molecular weight excluding hydrogens is 840 g/mol. The number of phosphoric acid groups is 1. The molecule has 0 heterocycles. The first-order chi connectivity index (χ1) is 32.0. The first kappa shape index (κ1) is 64.2. The Balaban J connectivity index is 4.26. The maximum Gasteiger partial charge on any atom is 0.268 e. The van der Waals surface area contributed by atoms with E-state index in [0.29, 0.717) is 17.4 Å². The molecule has 0 radical (unpaired) electrons. The summed E-state index contributed by atoms with van der Waals surface area (Å²) in [6.45, 7) is 4.54. The summed E-state index contributed by atoms with van der Waals surface area (Å²) in [4.78, 5) is 25.5. The molecule has 66 heavy (non-hydrogen) atoms. The first-order valence-electron chi connectivity index (χ1n) is 27.7. The van der Waals surface area contributed by atoms with Crippen LogP contribution in [0.15, 0.2) is 60.8 Å². The lowest BCUT2D eigenvalue weighted by Gasteiger charge is -2.29. The van der Waals surface area contributed by atoms with Crippen LogP contribution in [0.4, 0.5) is 0 Å². The highest BCUT2D eigenvalue weighted by atomic mass is 31.2. The average Bonchev–Trinajstić information content (AvgIpc) is 3.28. The number of rotatable bonds is 50. The molecule has 0 saturated carbocycles. The number of aliphatic hydroxyl groups is 1. The summed E-state index contributed by atoms with van der Waals surface area (Å²) in [7, 11) is 1.25. The lowest BCUT2D eigenvalue weighted by atomic mass is 10.0. The predicted octanol–water partition coefficient (Wildman–Crippen LogP) is 15.9. The second kappa shape index (κ2) is 48.2. The molecule has 0 spiro atoms. The summed E-state index contributed by atoms with van der Waals surface area (Å²) in [5.41, 5.74) is 0. The Morgan fingerprint density at radius 1 is 0.545 bits per heavy atom. The van der Waals surface area contributed by atoms with E-state index in [0.717, 1.165) is 77.0 Å². The fourth-order valence-electron chi connectivity index (χ4n) is 7.91. The maximum atomic E-state index is 12.9. The quantitative estimate of drug-likeness (QED) is 0.0272. The zero-order valence-electron chi connectivity index (χ0n) is 43.9. The van der Waals surface area contributed by atoms with E-state index in [9.17, 15) is 19.4 Å². The second-order valence-electron chi connectivity index (χ2n) is 19.9. The van der Waals surface area contributed by atoms with Crippen molar-refractivity contribution < 1.29 is 32.9 Å². The number of unbranched alkanes of at least 4 members (excludes halogenated alkanes) is 29. The minimum absolute atomic E-state index is 0.00619. The van der Waals surface area contributed by atoms with Gasteiger partial charge in [-0.2, -0.15) is 0 Å². The first-order valence-corrected chi connectivity index (χ1v) is 29.1. The number of amides is 1. The van der Waals surface area contributed by atoms with Gasteiger partial charge in [-0.15, -0.1) is 0 Å². The van der Waals surface area contributed by atoms with Crippen LogP contribution in [0.5, 0.6) is 0 Å². The Morgan fingerprint density at radius 3 is 1.35 bits per heavy atom. The summed E-state index contributed by atoms with van der Waals surface area (Å²) in [6.07, 6.45) is 64.3. The Kier molecular flexibility index (Phi) is 46.9. The van der Waals surface area contributed by atoms with Crippen molar-refractivity contribution in [3.8, 4) is 0 Å². The third-order valence-electron chi connectivity index (χ3n) is 12.2. The van der Waals surface area contributed by atoms with Crippen molar-refractivity contribution in [2.45, 2.75) is 257 Å². The van der Waals surface area contributed by atoms with Gasteiger partial charge in [0.15, 0.2) is 0 Å². The van der Waals surface area contributed by atoms with Crippen LogP contribution in [0.1, 0.15) is 245 Å². The second-order valence-corrected chi connectivity index (χ2v) is 21.3. The van der Waals surface area contributed by atoms with Crippen molar-refractivity contribution in [2.75, 3.05) is 40.9 Å². The van der Waals surface area contributed by atoms with Crippen LogP contribution >= 0.6 is 7.82 Å². The molecule has 0 aromatic carbocycles. The molecule has 0 aliphatic carbocycles. The number of aliphatic hydroxyl groups excluding tert-OH is 1. The SMILES string of the molecule is CC/C=C\C/C=C\C/C=C\C/C=C\CCCCCCCCC(=O)NC(COP(=O)([O-])OCC[N+](C)(C)C)C(O)/C=C/CCCCCCCCCCCCCCCCCCCCCCCCC. The normalized spacial score (nSPS) is 14.5. The van der Waals surface area contributed by atoms with Gasteiger partial charge >= 0.3 is 0 Å². The number of quaternary nitrogens is 1. The van der Waals surface area contributed by atoms with Gasteiger partial charge in [-0.1, -0.05) is 242 Å². The van der Waals surface area contributed by atoms with Crippen molar-refractivity contribution in [2.24, 2.45) is 0 Å². The molecule has 0 aromatic rings. The van der Waals surface area contributed by atoms with E-state index >= 15 is 0 Å². The Hall–Kier alpha value is -1.80. The third-order valence-corrected chi connectivity index (χ3v) is 13.2. The molecule has 9 heteroatoms. The molecule has 0 aromatic heterocycles. The van der Waals surface area contributed by atoms with Crippen LogP contribution in [0.25, 0.3) is 0 Å². The zero-order valence-corrected chi connectivity index (χ0v) is 44.8. The van der Waals surface area contributed by atoms with Gasteiger partial charge in [0.25, 0.3) is 7.82 Å². The largest absolute Gasteiger partial charge is 0.756 e. The molecule has 1 amide bonds. The molecule has 0 aliphatic rings. The Morgan fingerprint density at radius 2 is 0.924 bits per heavy atom. The lowest BCUT2D eigenvalue weighted by Crippen LogP contribution is -2.45. The molecule has 0 aliphatic heterocycles. The number of hydrogen-bond acceptors (Lipinski definition) is 6. The number of carbonyl (C=O) groups is 1. The summed E-state index contributed by atoms with van der Waals surface area (Å²) in [6, 6.07) is -0.897. The van der Waals surface area contributed by atoms with Crippen LogP contribution in [-0.2, 0) is 18.4 Å². The van der Waals surface area contributed by atoms with Gasteiger partial charge in [-0.05, 0) is 57.8 Å². The van der Waals surface area contributed by atoms with Crippen LogP contribution in [0, 0.1) is 0 Å². The molecule has 0 rings (SSSR count). The highest BCUT2D eigenvalue weighted by molar-refractivity contribution is 7.45. The van der Waals surface area contributed by atoms with Crippen LogP contribution < -0.4 is 10.2 Å². The smallest absolute Gasteiger partial charge is 0.268 e. The number of nitrogens with zero attached hydrogens (tertiary/aromatic N) is 1. The minimum Gasteiger partial charge on any atom is -0.756 e. The molecule has 3 unspecified atom stereocenters. The molecular formula is C57H107N2O6P. The van der Waals surface area contributed by atoms with Crippen molar-refractivity contribution >= 4 is 13.7 Å². The highest BCUT2D eigenvalue weighted by Gasteiger charge is 2.23. The fraction of sp³-hybridized carbons (Fsp3) is 0.807. The molecule has 8 nitrogen and oxygen atoms in total. The number of allylic oxidation sites excluding steroid dienone is 9. The number of likely N-dealkylation sites (N-methyl/N-ethyl adjacent to an activating group) is 1. The van der Waals surface area contributed by atoms with E-state index in [4.69, 9.17) is 9.05 Å². The summed E-state index contributed by atoms with van der Waals surface area (Å²) >= 11 is 0. The molecule has 3 atom stereocenters. The van der Waals surface area contributed by atoms with Gasteiger partial charge in [0, 0.05) is 6.42 Å².